The first-order valence-corrected chi connectivity index (χ1v) is 4.69. The van der Waals surface area contributed by atoms with Gasteiger partial charge in [-0.25, -0.2) is 0 Å². The van der Waals surface area contributed by atoms with Gasteiger partial charge in [-0.05, 0) is 31.4 Å². The lowest BCUT2D eigenvalue weighted by Gasteiger charge is -2.17. The van der Waals surface area contributed by atoms with Crippen LogP contribution in [-0.4, -0.2) is 12.2 Å². The van der Waals surface area contributed by atoms with Crippen LogP contribution in [0.25, 0.3) is 0 Å². The number of nitrogens with two attached hydrogens (primary N) is 1. The lowest BCUT2D eigenvalue weighted by molar-refractivity contribution is -0.147. The van der Waals surface area contributed by atoms with E-state index in [0.717, 1.165) is 11.1 Å². The minimum absolute atomic E-state index is 0.156. The van der Waals surface area contributed by atoms with Crippen molar-refractivity contribution in [2.45, 2.75) is 32.5 Å². The minimum Gasteiger partial charge on any atom is -0.320 e. The molecule has 1 unspecified atom stereocenters. The van der Waals surface area contributed by atoms with Crippen molar-refractivity contribution in [3.8, 4) is 0 Å². The summed E-state index contributed by atoms with van der Waals surface area (Å²) in [5, 5.41) is 0. The fourth-order valence-corrected chi connectivity index (χ4v) is 1.37. The highest BCUT2D eigenvalue weighted by Crippen LogP contribution is 2.23. The number of hydrogen-bond donors (Lipinski definition) is 1. The molecule has 84 valence electrons. The average molecular weight is 217 g/mol. The van der Waals surface area contributed by atoms with Gasteiger partial charge >= 0.3 is 6.18 Å². The highest BCUT2D eigenvalue weighted by atomic mass is 19.4. The van der Waals surface area contributed by atoms with Gasteiger partial charge < -0.3 is 5.73 Å². The van der Waals surface area contributed by atoms with Crippen LogP contribution >= 0.6 is 0 Å². The summed E-state index contributed by atoms with van der Waals surface area (Å²) in [5.41, 5.74) is 7.54. The molecule has 1 rings (SSSR count). The molecule has 0 amide bonds. The van der Waals surface area contributed by atoms with Crippen LogP contribution in [0.15, 0.2) is 18.2 Å². The zero-order valence-electron chi connectivity index (χ0n) is 8.73. The van der Waals surface area contributed by atoms with Gasteiger partial charge in [-0.2, -0.15) is 13.2 Å². The number of alkyl halides is 3. The topological polar surface area (TPSA) is 26.0 Å². The molecule has 1 atom stereocenters. The predicted octanol–water partition coefficient (Wildman–Crippen LogP) is 2.74. The summed E-state index contributed by atoms with van der Waals surface area (Å²) in [6, 6.07) is 3.66. The predicted molar refractivity (Wildman–Crippen MR) is 53.7 cm³/mol. The molecule has 0 aliphatic heterocycles. The largest absolute Gasteiger partial charge is 0.403 e. The van der Waals surface area contributed by atoms with E-state index in [1.165, 1.54) is 0 Å². The fraction of sp³-hybridized carbons (Fsp3) is 0.455. The molecule has 0 heterocycles. The van der Waals surface area contributed by atoms with Crippen LogP contribution < -0.4 is 5.73 Å². The van der Waals surface area contributed by atoms with E-state index in [1.54, 1.807) is 13.0 Å². The lowest BCUT2D eigenvalue weighted by atomic mass is 9.99. The summed E-state index contributed by atoms with van der Waals surface area (Å²) in [6.07, 6.45) is -4.48. The average Bonchev–Trinajstić information content (AvgIpc) is 2.09. The molecular formula is C11H14F3N. The second-order valence-corrected chi connectivity index (χ2v) is 3.78. The summed E-state index contributed by atoms with van der Waals surface area (Å²) in [7, 11) is 0. The Balaban J connectivity index is 2.85. The van der Waals surface area contributed by atoms with Gasteiger partial charge in [0.15, 0.2) is 0 Å². The van der Waals surface area contributed by atoms with E-state index in [2.05, 4.69) is 0 Å². The molecule has 0 aliphatic carbocycles. The second-order valence-electron chi connectivity index (χ2n) is 3.78. The first-order valence-electron chi connectivity index (χ1n) is 4.69. The Morgan fingerprint density at radius 1 is 1.27 bits per heavy atom. The van der Waals surface area contributed by atoms with Crippen LogP contribution in [0.4, 0.5) is 13.2 Å². The quantitative estimate of drug-likeness (QED) is 0.809. The molecule has 2 N–H and O–H groups in total. The van der Waals surface area contributed by atoms with E-state index in [1.807, 2.05) is 19.1 Å². The maximum atomic E-state index is 12.2. The Kier molecular flexibility index (Phi) is 3.39. The molecule has 0 fully saturated rings. The van der Waals surface area contributed by atoms with Crippen molar-refractivity contribution in [2.75, 3.05) is 0 Å². The van der Waals surface area contributed by atoms with Gasteiger partial charge in [0, 0.05) is 0 Å². The highest BCUT2D eigenvalue weighted by molar-refractivity contribution is 5.31. The van der Waals surface area contributed by atoms with Crippen LogP contribution in [0.3, 0.4) is 0 Å². The van der Waals surface area contributed by atoms with E-state index >= 15 is 0 Å². The summed E-state index contributed by atoms with van der Waals surface area (Å²) in [6.45, 7) is 3.64. The van der Waals surface area contributed by atoms with E-state index in [0.29, 0.717) is 5.56 Å². The van der Waals surface area contributed by atoms with Crippen molar-refractivity contribution >= 4 is 0 Å². The Labute approximate surface area is 87.1 Å². The van der Waals surface area contributed by atoms with Crippen molar-refractivity contribution in [3.05, 3.63) is 34.9 Å². The third kappa shape index (κ3) is 3.23. The smallest absolute Gasteiger partial charge is 0.320 e. The third-order valence-electron chi connectivity index (χ3n) is 2.36. The van der Waals surface area contributed by atoms with Crippen LogP contribution in [-0.2, 0) is 6.42 Å². The zero-order valence-corrected chi connectivity index (χ0v) is 8.73. The van der Waals surface area contributed by atoms with Crippen LogP contribution in [0.5, 0.6) is 0 Å². The van der Waals surface area contributed by atoms with Crippen LogP contribution in [0.1, 0.15) is 16.7 Å². The molecule has 1 nitrogen and oxygen atoms in total. The van der Waals surface area contributed by atoms with Crippen molar-refractivity contribution in [3.63, 3.8) is 0 Å². The van der Waals surface area contributed by atoms with Gasteiger partial charge in [-0.15, -0.1) is 0 Å². The molecule has 4 heteroatoms. The molecule has 0 aromatic heterocycles. The maximum Gasteiger partial charge on any atom is 0.403 e. The van der Waals surface area contributed by atoms with Gasteiger partial charge in [0.1, 0.15) is 6.04 Å². The molecule has 15 heavy (non-hydrogen) atoms. The Morgan fingerprint density at radius 3 is 2.40 bits per heavy atom. The van der Waals surface area contributed by atoms with Gasteiger partial charge in [0.25, 0.3) is 0 Å². The molecule has 1 aromatic carbocycles. The molecular weight excluding hydrogens is 203 g/mol. The number of halogens is 3. The minimum atomic E-state index is -4.32. The van der Waals surface area contributed by atoms with Crippen molar-refractivity contribution < 1.29 is 13.2 Å². The molecule has 0 saturated heterocycles. The van der Waals surface area contributed by atoms with E-state index in [9.17, 15) is 13.2 Å². The molecule has 0 bridgehead atoms. The Hall–Kier alpha value is -1.03. The van der Waals surface area contributed by atoms with E-state index in [-0.39, 0.29) is 6.42 Å². The van der Waals surface area contributed by atoms with Crippen LogP contribution in [0, 0.1) is 13.8 Å². The van der Waals surface area contributed by atoms with Gasteiger partial charge in [0.2, 0.25) is 0 Å². The standard InChI is InChI=1S/C11H14F3N/c1-7-3-4-8(2)9(5-7)6-10(15)11(12,13)14/h3-5,10H,6,15H2,1-2H3. The normalized spacial score (nSPS) is 14.0. The summed E-state index contributed by atoms with van der Waals surface area (Å²) in [4.78, 5) is 0. The molecule has 0 radical (unpaired) electrons. The number of benzene rings is 1. The van der Waals surface area contributed by atoms with Crippen molar-refractivity contribution in [1.29, 1.82) is 0 Å². The van der Waals surface area contributed by atoms with Crippen LogP contribution in [0.2, 0.25) is 0 Å². The fourth-order valence-electron chi connectivity index (χ4n) is 1.37. The van der Waals surface area contributed by atoms with Gasteiger partial charge in [-0.1, -0.05) is 23.8 Å². The Morgan fingerprint density at radius 2 is 1.87 bits per heavy atom. The molecule has 1 aromatic rings. The number of rotatable bonds is 2. The summed E-state index contributed by atoms with van der Waals surface area (Å²) < 4.78 is 36.7. The molecule has 0 saturated carbocycles. The first-order chi connectivity index (χ1) is 6.80. The van der Waals surface area contributed by atoms with E-state index in [4.69, 9.17) is 5.73 Å². The first kappa shape index (κ1) is 12.0. The number of hydrogen-bond acceptors (Lipinski definition) is 1. The molecule has 0 aliphatic rings. The zero-order chi connectivity index (χ0) is 11.6. The maximum absolute atomic E-state index is 12.2. The molecule has 0 spiro atoms. The van der Waals surface area contributed by atoms with Gasteiger partial charge in [-0.3, -0.25) is 0 Å². The number of aryl methyl sites for hydroxylation is 2. The highest BCUT2D eigenvalue weighted by Gasteiger charge is 2.36. The lowest BCUT2D eigenvalue weighted by Crippen LogP contribution is -2.39. The Bertz CT molecular complexity index is 344. The summed E-state index contributed by atoms with van der Waals surface area (Å²) in [5.74, 6) is 0. The summed E-state index contributed by atoms with van der Waals surface area (Å²) >= 11 is 0. The van der Waals surface area contributed by atoms with E-state index < -0.39 is 12.2 Å². The third-order valence-corrected chi connectivity index (χ3v) is 2.36. The van der Waals surface area contributed by atoms with Crippen molar-refractivity contribution in [1.82, 2.24) is 0 Å². The monoisotopic (exact) mass is 217 g/mol. The second kappa shape index (κ2) is 4.23. The SMILES string of the molecule is Cc1ccc(C)c(CC(N)C(F)(F)F)c1. The van der Waals surface area contributed by atoms with Gasteiger partial charge in [0.05, 0.1) is 0 Å². The van der Waals surface area contributed by atoms with Crippen molar-refractivity contribution in [2.24, 2.45) is 5.73 Å².